The monoisotopic (exact) mass is 362 g/mol. The Morgan fingerprint density at radius 1 is 1.00 bits per heavy atom. The van der Waals surface area contributed by atoms with E-state index in [9.17, 15) is 4.79 Å². The van der Waals surface area contributed by atoms with Crippen LogP contribution in [0.3, 0.4) is 0 Å². The number of hydrogen-bond acceptors (Lipinski definition) is 2. The lowest BCUT2D eigenvalue weighted by molar-refractivity contribution is 0.109. The molecule has 0 atom stereocenters. The first kappa shape index (κ1) is 10.8. The summed E-state index contributed by atoms with van der Waals surface area (Å²) in [6.07, 6.45) is 0. The quantitative estimate of drug-likeness (QED) is 0.420. The summed E-state index contributed by atoms with van der Waals surface area (Å²) in [6.45, 7) is 0. The number of hydrogen-bond donors (Lipinski definition) is 0. The lowest BCUT2D eigenvalue weighted by Crippen LogP contribution is -1.87. The van der Waals surface area contributed by atoms with Crippen LogP contribution in [0, 0.1) is 3.57 Å². The molecule has 3 heteroatoms. The highest BCUT2D eigenvalue weighted by atomic mass is 127. The van der Waals surface area contributed by atoms with Crippen molar-refractivity contribution in [2.45, 2.75) is 4.90 Å². The smallest absolute Gasteiger partial charge is 0.224 e. The molecule has 1 heterocycles. The highest BCUT2D eigenvalue weighted by Gasteiger charge is 2.25. The molecule has 4 rings (SSSR count). The van der Waals surface area contributed by atoms with Crippen molar-refractivity contribution < 1.29 is 4.79 Å². The van der Waals surface area contributed by atoms with Crippen LogP contribution in [-0.4, -0.2) is 5.12 Å². The molecule has 1 aliphatic heterocycles. The van der Waals surface area contributed by atoms with Crippen molar-refractivity contribution in [1.82, 2.24) is 0 Å². The van der Waals surface area contributed by atoms with Crippen LogP contribution in [-0.2, 0) is 0 Å². The molecule has 3 aromatic carbocycles. The normalized spacial score (nSPS) is 13.7. The van der Waals surface area contributed by atoms with Gasteiger partial charge in [0.15, 0.2) is 0 Å². The van der Waals surface area contributed by atoms with E-state index in [-0.39, 0.29) is 5.12 Å². The maximum absolute atomic E-state index is 12.1. The molecule has 0 fully saturated rings. The number of thioether (sulfide) groups is 1. The summed E-state index contributed by atoms with van der Waals surface area (Å²) in [6, 6.07) is 14.4. The minimum atomic E-state index is 0.169. The second-order valence-electron chi connectivity index (χ2n) is 4.33. The lowest BCUT2D eigenvalue weighted by Gasteiger charge is -2.06. The van der Waals surface area contributed by atoms with Crippen molar-refractivity contribution in [3.05, 3.63) is 51.6 Å². The predicted molar refractivity (Wildman–Crippen MR) is 84.4 cm³/mol. The average Bonchev–Trinajstić information content (AvgIpc) is 2.72. The summed E-state index contributed by atoms with van der Waals surface area (Å²) in [5, 5.41) is 4.89. The van der Waals surface area contributed by atoms with Crippen LogP contribution >= 0.6 is 34.4 Å². The first-order valence-electron chi connectivity index (χ1n) is 5.62. The van der Waals surface area contributed by atoms with Gasteiger partial charge in [0.05, 0.1) is 0 Å². The van der Waals surface area contributed by atoms with Crippen molar-refractivity contribution in [2.24, 2.45) is 0 Å². The summed E-state index contributed by atoms with van der Waals surface area (Å²) in [5.41, 5.74) is 0.858. The van der Waals surface area contributed by atoms with Gasteiger partial charge < -0.3 is 0 Å². The highest BCUT2D eigenvalue weighted by Crippen LogP contribution is 2.45. The van der Waals surface area contributed by atoms with E-state index in [2.05, 4.69) is 40.8 Å². The molecule has 3 aromatic rings. The molecule has 86 valence electrons. The van der Waals surface area contributed by atoms with E-state index in [1.165, 1.54) is 31.5 Å². The fourth-order valence-electron chi connectivity index (χ4n) is 2.52. The summed E-state index contributed by atoms with van der Waals surface area (Å²) >= 11 is 3.70. The van der Waals surface area contributed by atoms with Gasteiger partial charge in [-0.15, -0.1) is 0 Å². The molecule has 1 nitrogen and oxygen atoms in total. The van der Waals surface area contributed by atoms with Gasteiger partial charge in [-0.05, 0) is 68.7 Å². The van der Waals surface area contributed by atoms with E-state index in [0.29, 0.717) is 0 Å². The zero-order chi connectivity index (χ0) is 12.3. The van der Waals surface area contributed by atoms with Gasteiger partial charge in [0.1, 0.15) is 0 Å². The molecule has 0 saturated heterocycles. The van der Waals surface area contributed by atoms with Gasteiger partial charge in [-0.3, -0.25) is 4.79 Å². The van der Waals surface area contributed by atoms with Gasteiger partial charge in [-0.1, -0.05) is 24.3 Å². The van der Waals surface area contributed by atoms with Gasteiger partial charge >= 0.3 is 0 Å². The van der Waals surface area contributed by atoms with Crippen LogP contribution < -0.4 is 0 Å². The van der Waals surface area contributed by atoms with Crippen molar-refractivity contribution in [3.8, 4) is 0 Å². The average molecular weight is 362 g/mol. The topological polar surface area (TPSA) is 17.1 Å². The molecular weight excluding hydrogens is 355 g/mol. The summed E-state index contributed by atoms with van der Waals surface area (Å²) in [4.78, 5) is 13.2. The number of benzene rings is 3. The lowest BCUT2D eigenvalue weighted by atomic mass is 10.0. The van der Waals surface area contributed by atoms with E-state index in [1.54, 1.807) is 0 Å². The van der Waals surface area contributed by atoms with Crippen molar-refractivity contribution in [3.63, 3.8) is 0 Å². The maximum Gasteiger partial charge on any atom is 0.224 e. The number of carbonyl (C=O) groups is 1. The standard InChI is InChI=1S/C15H7IOS/c16-12-6-5-10-13-11(12)7-8-3-1-2-4-9(8)14(13)18-15(10)17/h1-7H. The van der Waals surface area contributed by atoms with Crippen LogP contribution in [0.25, 0.3) is 21.5 Å². The number of halogens is 1. The Kier molecular flexibility index (Phi) is 2.23. The SMILES string of the molecule is O=C1Sc2c3ccccc3cc3c(I)ccc1c23. The predicted octanol–water partition coefficient (Wildman–Crippen LogP) is 4.84. The van der Waals surface area contributed by atoms with Crippen molar-refractivity contribution in [2.75, 3.05) is 0 Å². The molecule has 0 N–H and O–H groups in total. The minimum absolute atomic E-state index is 0.169. The van der Waals surface area contributed by atoms with E-state index >= 15 is 0 Å². The Morgan fingerprint density at radius 3 is 2.72 bits per heavy atom. The molecule has 0 aromatic heterocycles. The summed E-state index contributed by atoms with van der Waals surface area (Å²) in [7, 11) is 0. The Balaban J connectivity index is 2.35. The number of carbonyl (C=O) groups excluding carboxylic acids is 1. The van der Waals surface area contributed by atoms with E-state index < -0.39 is 0 Å². The van der Waals surface area contributed by atoms with Gasteiger partial charge in [-0.25, -0.2) is 0 Å². The number of rotatable bonds is 0. The van der Waals surface area contributed by atoms with Gasteiger partial charge in [0.2, 0.25) is 5.12 Å². The Bertz CT molecular complexity index is 839. The van der Waals surface area contributed by atoms with E-state index in [4.69, 9.17) is 0 Å². The molecule has 18 heavy (non-hydrogen) atoms. The first-order chi connectivity index (χ1) is 8.75. The van der Waals surface area contributed by atoms with Crippen LogP contribution in [0.4, 0.5) is 0 Å². The summed E-state index contributed by atoms with van der Waals surface area (Å²) in [5.74, 6) is 0. The Hall–Kier alpha value is -1.07. The second kappa shape index (κ2) is 3.71. The molecule has 0 saturated carbocycles. The van der Waals surface area contributed by atoms with Crippen LogP contribution in [0.15, 0.2) is 47.4 Å². The molecule has 0 bridgehead atoms. The zero-order valence-corrected chi connectivity index (χ0v) is 12.2. The third-order valence-electron chi connectivity index (χ3n) is 3.34. The third kappa shape index (κ3) is 1.32. The molecule has 0 amide bonds. The third-order valence-corrected chi connectivity index (χ3v) is 5.31. The molecule has 1 aliphatic rings. The first-order valence-corrected chi connectivity index (χ1v) is 7.51. The van der Waals surface area contributed by atoms with Crippen molar-refractivity contribution >= 4 is 61.0 Å². The summed E-state index contributed by atoms with van der Waals surface area (Å²) < 4.78 is 1.20. The fraction of sp³-hybridized carbons (Fsp3) is 0. The van der Waals surface area contributed by atoms with Gasteiger partial charge in [0.25, 0.3) is 0 Å². The fourth-order valence-corrected chi connectivity index (χ4v) is 4.21. The molecule has 0 unspecified atom stereocenters. The maximum atomic E-state index is 12.1. The highest BCUT2D eigenvalue weighted by molar-refractivity contribution is 14.1. The Labute approximate surface area is 122 Å². The molecule has 0 radical (unpaired) electrons. The largest absolute Gasteiger partial charge is 0.281 e. The van der Waals surface area contributed by atoms with Crippen LogP contribution in [0.2, 0.25) is 0 Å². The Morgan fingerprint density at radius 2 is 1.83 bits per heavy atom. The molecular formula is C15H7IOS. The minimum Gasteiger partial charge on any atom is -0.281 e. The second-order valence-corrected chi connectivity index (χ2v) is 6.48. The van der Waals surface area contributed by atoms with E-state index in [1.807, 2.05) is 24.3 Å². The van der Waals surface area contributed by atoms with Crippen molar-refractivity contribution in [1.29, 1.82) is 0 Å². The molecule has 0 aliphatic carbocycles. The van der Waals surface area contributed by atoms with Crippen LogP contribution in [0.5, 0.6) is 0 Å². The van der Waals surface area contributed by atoms with Gasteiger partial charge in [-0.2, -0.15) is 0 Å². The van der Waals surface area contributed by atoms with Gasteiger partial charge in [0, 0.05) is 19.4 Å². The van der Waals surface area contributed by atoms with Crippen LogP contribution in [0.1, 0.15) is 10.4 Å². The zero-order valence-electron chi connectivity index (χ0n) is 9.24. The molecule has 0 spiro atoms. The van der Waals surface area contributed by atoms with E-state index in [0.717, 1.165) is 15.8 Å². The number of fused-ring (bicyclic) bond motifs is 2.